The van der Waals surface area contributed by atoms with Crippen molar-refractivity contribution in [2.24, 2.45) is 7.05 Å². The summed E-state index contributed by atoms with van der Waals surface area (Å²) >= 11 is 0. The van der Waals surface area contributed by atoms with Crippen LogP contribution >= 0.6 is 0 Å². The fourth-order valence-corrected chi connectivity index (χ4v) is 3.04. The summed E-state index contributed by atoms with van der Waals surface area (Å²) in [5, 5.41) is 3.18. The van der Waals surface area contributed by atoms with E-state index in [9.17, 15) is 9.59 Å². The molecule has 0 radical (unpaired) electrons. The van der Waals surface area contributed by atoms with Gasteiger partial charge in [-0.1, -0.05) is 41.4 Å². The number of hydrogen-bond acceptors (Lipinski definition) is 4. The van der Waals surface area contributed by atoms with Gasteiger partial charge in [0.1, 0.15) is 10.9 Å². The van der Waals surface area contributed by atoms with Gasteiger partial charge in [0, 0.05) is 12.7 Å². The second kappa shape index (κ2) is 6.53. The first-order valence-corrected chi connectivity index (χ1v) is 8.48. The van der Waals surface area contributed by atoms with Gasteiger partial charge in [-0.05, 0) is 23.8 Å². The SMILES string of the molecule is C[n+]1c(N)c(C(=O)NCc2ccccc2)cc2c(=O)n3ccccc3nc21. The molecular formula is C20H18N5O2+. The van der Waals surface area contributed by atoms with Crippen LogP contribution in [0.25, 0.3) is 16.7 Å². The number of rotatable bonds is 3. The number of nitrogens with zero attached hydrogens (tertiary/aromatic N) is 3. The maximum absolute atomic E-state index is 12.8. The number of nitrogen functional groups attached to an aromatic ring is 1. The molecular weight excluding hydrogens is 342 g/mol. The Balaban J connectivity index is 1.80. The Morgan fingerprint density at radius 3 is 2.70 bits per heavy atom. The summed E-state index contributed by atoms with van der Waals surface area (Å²) in [4.78, 5) is 30.0. The van der Waals surface area contributed by atoms with Crippen LogP contribution in [-0.4, -0.2) is 15.3 Å². The highest BCUT2D eigenvalue weighted by atomic mass is 16.1. The van der Waals surface area contributed by atoms with E-state index in [4.69, 9.17) is 5.73 Å². The molecule has 0 atom stereocenters. The van der Waals surface area contributed by atoms with Gasteiger partial charge in [0.2, 0.25) is 11.5 Å². The van der Waals surface area contributed by atoms with Gasteiger partial charge in [0.05, 0.1) is 7.05 Å². The number of fused-ring (bicyclic) bond motifs is 2. The topological polar surface area (TPSA) is 93.4 Å². The third-order valence-corrected chi connectivity index (χ3v) is 4.53. The van der Waals surface area contributed by atoms with Gasteiger partial charge >= 0.3 is 0 Å². The largest absolute Gasteiger partial charge is 0.348 e. The van der Waals surface area contributed by atoms with E-state index in [1.165, 1.54) is 10.5 Å². The number of benzene rings is 1. The summed E-state index contributed by atoms with van der Waals surface area (Å²) < 4.78 is 3.02. The molecule has 0 unspecified atom stereocenters. The zero-order chi connectivity index (χ0) is 19.0. The number of hydrogen-bond donors (Lipinski definition) is 2. The molecule has 1 aromatic carbocycles. The number of aryl methyl sites for hydroxylation is 1. The van der Waals surface area contributed by atoms with Crippen molar-refractivity contribution in [1.82, 2.24) is 14.7 Å². The molecule has 4 aromatic rings. The average Bonchev–Trinajstić information content (AvgIpc) is 2.70. The van der Waals surface area contributed by atoms with Gasteiger partial charge in [0.25, 0.3) is 17.1 Å². The predicted molar refractivity (Wildman–Crippen MR) is 102 cm³/mol. The van der Waals surface area contributed by atoms with E-state index in [1.807, 2.05) is 36.4 Å². The van der Waals surface area contributed by atoms with E-state index in [0.717, 1.165) is 5.56 Å². The zero-order valence-corrected chi connectivity index (χ0v) is 14.7. The Labute approximate surface area is 154 Å². The second-order valence-electron chi connectivity index (χ2n) is 6.25. The third-order valence-electron chi connectivity index (χ3n) is 4.53. The lowest BCUT2D eigenvalue weighted by atomic mass is 10.1. The maximum Gasteiger partial charge on any atom is 0.278 e. The highest BCUT2D eigenvalue weighted by Crippen LogP contribution is 2.14. The van der Waals surface area contributed by atoms with Crippen molar-refractivity contribution >= 4 is 28.4 Å². The quantitative estimate of drug-likeness (QED) is 0.424. The molecule has 27 heavy (non-hydrogen) atoms. The Hall–Kier alpha value is -3.74. The van der Waals surface area contributed by atoms with Crippen molar-refractivity contribution < 1.29 is 9.36 Å². The summed E-state index contributed by atoms with van der Waals surface area (Å²) in [6.45, 7) is 0.371. The molecule has 7 nitrogen and oxygen atoms in total. The molecule has 1 amide bonds. The van der Waals surface area contributed by atoms with Crippen molar-refractivity contribution in [1.29, 1.82) is 0 Å². The van der Waals surface area contributed by atoms with Crippen LogP contribution in [0.5, 0.6) is 0 Å². The highest BCUT2D eigenvalue weighted by Gasteiger charge is 2.22. The van der Waals surface area contributed by atoms with Crippen molar-refractivity contribution in [3.05, 3.63) is 82.3 Å². The van der Waals surface area contributed by atoms with E-state index in [-0.39, 0.29) is 22.8 Å². The number of nitrogens with one attached hydrogen (secondary N) is 1. The lowest BCUT2D eigenvalue weighted by Gasteiger charge is -2.09. The van der Waals surface area contributed by atoms with Crippen LogP contribution in [0, 0.1) is 0 Å². The number of anilines is 1. The van der Waals surface area contributed by atoms with Crippen LogP contribution in [0.3, 0.4) is 0 Å². The summed E-state index contributed by atoms with van der Waals surface area (Å²) in [6, 6.07) is 16.4. The summed E-state index contributed by atoms with van der Waals surface area (Å²) in [6.07, 6.45) is 1.65. The van der Waals surface area contributed by atoms with Gasteiger partial charge < -0.3 is 11.1 Å². The van der Waals surface area contributed by atoms with Crippen molar-refractivity contribution in [3.63, 3.8) is 0 Å². The molecule has 0 aliphatic heterocycles. The number of nitrogens with two attached hydrogens (primary N) is 1. The fourth-order valence-electron chi connectivity index (χ4n) is 3.04. The van der Waals surface area contributed by atoms with Gasteiger partial charge in [0.15, 0.2) is 0 Å². The summed E-state index contributed by atoms with van der Waals surface area (Å²) in [7, 11) is 1.69. The van der Waals surface area contributed by atoms with E-state index >= 15 is 0 Å². The third kappa shape index (κ3) is 2.89. The van der Waals surface area contributed by atoms with Gasteiger partial charge in [-0.3, -0.25) is 14.0 Å². The lowest BCUT2D eigenvalue weighted by molar-refractivity contribution is -0.632. The molecule has 3 N–H and O–H groups in total. The molecule has 3 heterocycles. The smallest absolute Gasteiger partial charge is 0.278 e. The fraction of sp³-hybridized carbons (Fsp3) is 0.100. The standard InChI is InChI=1S/C20H17N5O2/c1-24-17(21)14(19(26)22-12-13-7-3-2-4-8-13)11-15-18(24)23-16-9-5-6-10-25(16)20(15)27/h2-11,21H,12H2,1H3,(H,22,26)/p+1. The van der Waals surface area contributed by atoms with Crippen LogP contribution in [0.2, 0.25) is 0 Å². The lowest BCUT2D eigenvalue weighted by Crippen LogP contribution is -2.39. The Kier molecular flexibility index (Phi) is 4.04. The van der Waals surface area contributed by atoms with E-state index in [0.29, 0.717) is 23.2 Å². The van der Waals surface area contributed by atoms with Gasteiger partial charge in [-0.2, -0.15) is 0 Å². The number of aromatic nitrogens is 3. The number of amides is 1. The Bertz CT molecular complexity index is 1230. The van der Waals surface area contributed by atoms with Gasteiger partial charge in [-0.15, -0.1) is 0 Å². The monoisotopic (exact) mass is 360 g/mol. The van der Waals surface area contributed by atoms with Crippen LogP contribution in [0.1, 0.15) is 15.9 Å². The van der Waals surface area contributed by atoms with Crippen molar-refractivity contribution in [2.45, 2.75) is 6.54 Å². The first-order chi connectivity index (χ1) is 13.1. The summed E-state index contributed by atoms with van der Waals surface area (Å²) in [5.74, 6) is -0.0911. The van der Waals surface area contributed by atoms with Crippen LogP contribution in [-0.2, 0) is 13.6 Å². The number of carbonyl (C=O) groups is 1. The Morgan fingerprint density at radius 1 is 1.19 bits per heavy atom. The van der Waals surface area contributed by atoms with Crippen LogP contribution < -0.4 is 21.2 Å². The van der Waals surface area contributed by atoms with E-state index in [1.54, 1.807) is 29.9 Å². The maximum atomic E-state index is 12.8. The molecule has 0 saturated heterocycles. The van der Waals surface area contributed by atoms with Crippen LogP contribution in [0.15, 0.2) is 65.6 Å². The first kappa shape index (κ1) is 16.7. The van der Waals surface area contributed by atoms with Crippen molar-refractivity contribution in [3.8, 4) is 0 Å². The molecule has 0 fully saturated rings. The van der Waals surface area contributed by atoms with E-state index in [2.05, 4.69) is 10.3 Å². The minimum atomic E-state index is -0.341. The molecule has 7 heteroatoms. The van der Waals surface area contributed by atoms with Crippen molar-refractivity contribution in [2.75, 3.05) is 5.73 Å². The second-order valence-corrected chi connectivity index (χ2v) is 6.25. The molecule has 0 bridgehead atoms. The molecule has 0 aliphatic rings. The molecule has 0 aliphatic carbocycles. The molecule has 0 saturated carbocycles. The number of pyridine rings is 2. The minimum Gasteiger partial charge on any atom is -0.348 e. The molecule has 3 aromatic heterocycles. The highest BCUT2D eigenvalue weighted by molar-refractivity contribution is 6.00. The van der Waals surface area contributed by atoms with Gasteiger partial charge in [-0.25, -0.2) is 4.57 Å². The van der Waals surface area contributed by atoms with E-state index < -0.39 is 0 Å². The summed E-state index contributed by atoms with van der Waals surface area (Å²) in [5.41, 5.74) is 8.09. The normalized spacial score (nSPS) is 11.0. The predicted octanol–water partition coefficient (Wildman–Crippen LogP) is 1.18. The van der Waals surface area contributed by atoms with Crippen LogP contribution in [0.4, 0.5) is 5.82 Å². The first-order valence-electron chi connectivity index (χ1n) is 8.48. The average molecular weight is 360 g/mol. The molecule has 134 valence electrons. The molecule has 0 spiro atoms. The zero-order valence-electron chi connectivity index (χ0n) is 14.7. The number of carbonyl (C=O) groups excluding carboxylic acids is 1. The Morgan fingerprint density at radius 2 is 1.93 bits per heavy atom. The molecule has 4 rings (SSSR count). The minimum absolute atomic E-state index is 0.246.